The van der Waals surface area contributed by atoms with E-state index in [0.29, 0.717) is 0 Å². The van der Waals surface area contributed by atoms with E-state index < -0.39 is 11.7 Å². The van der Waals surface area contributed by atoms with Crippen molar-refractivity contribution in [3.8, 4) is 5.13 Å². The molecule has 0 saturated heterocycles. The van der Waals surface area contributed by atoms with Crippen LogP contribution in [0.25, 0.3) is 5.13 Å². The Morgan fingerprint density at radius 1 is 1.24 bits per heavy atom. The average molecular weight is 364 g/mol. The number of anilines is 1. The highest BCUT2D eigenvalue weighted by molar-refractivity contribution is 7.12. The molecule has 3 rings (SSSR count). The van der Waals surface area contributed by atoms with Gasteiger partial charge in [0.25, 0.3) is 0 Å². The number of rotatable bonds is 4. The van der Waals surface area contributed by atoms with Gasteiger partial charge < -0.3 is 0 Å². The van der Waals surface area contributed by atoms with Crippen molar-refractivity contribution in [1.82, 2.24) is 9.55 Å². The van der Waals surface area contributed by atoms with Crippen LogP contribution in [0, 0.1) is 13.8 Å². The highest BCUT2D eigenvalue weighted by Gasteiger charge is 2.33. The van der Waals surface area contributed by atoms with Gasteiger partial charge in [0.15, 0.2) is 5.13 Å². The van der Waals surface area contributed by atoms with Crippen LogP contribution in [-0.4, -0.2) is 15.8 Å². The summed E-state index contributed by atoms with van der Waals surface area (Å²) >= 11 is 1.51. The number of aromatic nitrogens is 2. The van der Waals surface area contributed by atoms with Crippen molar-refractivity contribution in [3.63, 3.8) is 0 Å². The van der Waals surface area contributed by atoms with Gasteiger partial charge >= 0.3 is 6.18 Å². The van der Waals surface area contributed by atoms with Crippen LogP contribution in [0.4, 0.5) is 18.9 Å². The molecular formula is C17H15F3N4S. The first-order valence-corrected chi connectivity index (χ1v) is 8.30. The Morgan fingerprint density at radius 2 is 2.00 bits per heavy atom. The van der Waals surface area contributed by atoms with Crippen LogP contribution in [0.5, 0.6) is 0 Å². The first kappa shape index (κ1) is 17.2. The minimum atomic E-state index is -4.43. The van der Waals surface area contributed by atoms with Crippen molar-refractivity contribution in [1.29, 1.82) is 0 Å². The van der Waals surface area contributed by atoms with Crippen LogP contribution in [0.2, 0.25) is 0 Å². The number of hydrogen-bond acceptors (Lipinski definition) is 4. The monoisotopic (exact) mass is 364 g/mol. The number of hydrogen-bond donors (Lipinski definition) is 1. The molecule has 0 fully saturated rings. The number of aryl methyl sites for hydroxylation is 1. The number of benzene rings is 1. The lowest BCUT2D eigenvalue weighted by atomic mass is 10.2. The first-order valence-electron chi connectivity index (χ1n) is 7.42. The Bertz CT molecular complexity index is 895. The molecule has 0 aliphatic heterocycles. The normalized spacial score (nSPS) is 12.0. The zero-order chi connectivity index (χ0) is 18.0. The SMILES string of the molecule is Cc1cc(/C=N\Nc2ccccc2C(F)(F)F)c(C)n1-c1nccs1. The molecule has 0 aliphatic carbocycles. The van der Waals surface area contributed by atoms with E-state index in [1.807, 2.05) is 29.9 Å². The Kier molecular flexibility index (Phi) is 4.63. The zero-order valence-electron chi connectivity index (χ0n) is 13.5. The summed E-state index contributed by atoms with van der Waals surface area (Å²) in [6.45, 7) is 3.86. The van der Waals surface area contributed by atoms with E-state index in [2.05, 4.69) is 15.5 Å². The molecule has 0 amide bonds. The van der Waals surface area contributed by atoms with Crippen LogP contribution in [0.1, 0.15) is 22.5 Å². The molecule has 2 heterocycles. The van der Waals surface area contributed by atoms with Crippen LogP contribution in [0.3, 0.4) is 0 Å². The average Bonchev–Trinajstić information content (AvgIpc) is 3.15. The van der Waals surface area contributed by atoms with Gasteiger partial charge in [-0.15, -0.1) is 11.3 Å². The fourth-order valence-corrected chi connectivity index (χ4v) is 3.29. The summed E-state index contributed by atoms with van der Waals surface area (Å²) in [6.07, 6.45) is -1.19. The predicted molar refractivity (Wildman–Crippen MR) is 93.6 cm³/mol. The molecule has 1 aromatic carbocycles. The second-order valence-electron chi connectivity index (χ2n) is 5.39. The number of nitrogens with one attached hydrogen (secondary N) is 1. The van der Waals surface area contributed by atoms with Crippen molar-refractivity contribution < 1.29 is 13.2 Å². The highest BCUT2D eigenvalue weighted by Crippen LogP contribution is 2.34. The molecule has 3 aromatic rings. The maximum atomic E-state index is 13.0. The Morgan fingerprint density at radius 3 is 2.68 bits per heavy atom. The Hall–Kier alpha value is -2.61. The van der Waals surface area contributed by atoms with Crippen LogP contribution in [0.15, 0.2) is 47.0 Å². The molecule has 1 N–H and O–H groups in total. The topological polar surface area (TPSA) is 42.2 Å². The summed E-state index contributed by atoms with van der Waals surface area (Å²) in [6, 6.07) is 7.16. The van der Waals surface area contributed by atoms with E-state index in [-0.39, 0.29) is 5.69 Å². The van der Waals surface area contributed by atoms with Gasteiger partial charge in [-0.2, -0.15) is 18.3 Å². The molecule has 0 atom stereocenters. The lowest BCUT2D eigenvalue weighted by Gasteiger charge is -2.11. The van der Waals surface area contributed by atoms with Gasteiger partial charge in [-0.05, 0) is 32.0 Å². The maximum Gasteiger partial charge on any atom is 0.418 e. The number of nitrogens with zero attached hydrogens (tertiary/aromatic N) is 3. The summed E-state index contributed by atoms with van der Waals surface area (Å²) in [5.74, 6) is 0. The molecule has 0 radical (unpaired) electrons. The van der Waals surface area contributed by atoms with Crippen molar-refractivity contribution in [2.24, 2.45) is 5.10 Å². The predicted octanol–water partition coefficient (Wildman–Crippen LogP) is 5.02. The lowest BCUT2D eigenvalue weighted by molar-refractivity contribution is -0.136. The summed E-state index contributed by atoms with van der Waals surface area (Å²) in [4.78, 5) is 4.28. The summed E-state index contributed by atoms with van der Waals surface area (Å²) in [5.41, 5.74) is 4.36. The van der Waals surface area contributed by atoms with Crippen LogP contribution >= 0.6 is 11.3 Å². The minimum Gasteiger partial charge on any atom is -0.294 e. The molecule has 4 nitrogen and oxygen atoms in total. The second-order valence-corrected chi connectivity index (χ2v) is 6.26. The Labute approximate surface area is 146 Å². The largest absolute Gasteiger partial charge is 0.418 e. The van der Waals surface area contributed by atoms with Crippen molar-refractivity contribution in [2.75, 3.05) is 5.43 Å². The summed E-state index contributed by atoms with van der Waals surface area (Å²) in [5, 5.41) is 6.70. The fourth-order valence-electron chi connectivity index (χ4n) is 2.54. The third kappa shape index (κ3) is 3.58. The molecule has 0 aliphatic rings. The summed E-state index contributed by atoms with van der Waals surface area (Å²) in [7, 11) is 0. The van der Waals surface area contributed by atoms with E-state index in [4.69, 9.17) is 0 Å². The Balaban J connectivity index is 1.84. The van der Waals surface area contributed by atoms with Gasteiger partial charge in [-0.25, -0.2) is 4.98 Å². The van der Waals surface area contributed by atoms with Gasteiger partial charge in [-0.3, -0.25) is 9.99 Å². The van der Waals surface area contributed by atoms with Gasteiger partial charge in [-0.1, -0.05) is 12.1 Å². The molecule has 0 spiro atoms. The molecule has 2 aromatic heterocycles. The third-order valence-corrected chi connectivity index (χ3v) is 4.46. The fraction of sp³-hybridized carbons (Fsp3) is 0.176. The smallest absolute Gasteiger partial charge is 0.294 e. The molecule has 0 saturated carbocycles. The standard InChI is InChI=1S/C17H15F3N4S/c1-11-9-13(12(2)24(11)16-21-7-8-25-16)10-22-23-15-6-4-3-5-14(15)17(18,19)20/h3-10,23H,1-2H3/b22-10-. The van der Waals surface area contributed by atoms with Crippen molar-refractivity contribution in [3.05, 3.63) is 64.4 Å². The van der Waals surface area contributed by atoms with Crippen LogP contribution < -0.4 is 5.43 Å². The third-order valence-electron chi connectivity index (χ3n) is 3.70. The highest BCUT2D eigenvalue weighted by atomic mass is 32.1. The summed E-state index contributed by atoms with van der Waals surface area (Å²) < 4.78 is 40.9. The van der Waals surface area contributed by atoms with Gasteiger partial charge in [0.05, 0.1) is 17.5 Å². The van der Waals surface area contributed by atoms with E-state index in [1.165, 1.54) is 35.8 Å². The van der Waals surface area contributed by atoms with Crippen molar-refractivity contribution >= 4 is 23.2 Å². The number of para-hydroxylation sites is 1. The van der Waals surface area contributed by atoms with E-state index >= 15 is 0 Å². The molecular weight excluding hydrogens is 349 g/mol. The van der Waals surface area contributed by atoms with Gasteiger partial charge in [0.1, 0.15) is 0 Å². The molecule has 130 valence electrons. The van der Waals surface area contributed by atoms with Gasteiger partial charge in [0, 0.05) is 28.5 Å². The minimum absolute atomic E-state index is 0.0834. The molecule has 25 heavy (non-hydrogen) atoms. The second kappa shape index (κ2) is 6.72. The van der Waals surface area contributed by atoms with Gasteiger partial charge in [0.2, 0.25) is 0 Å². The maximum absolute atomic E-state index is 13.0. The van der Waals surface area contributed by atoms with E-state index in [1.54, 1.807) is 6.20 Å². The number of thiazole rings is 1. The molecule has 0 unspecified atom stereocenters. The quantitative estimate of drug-likeness (QED) is 0.522. The number of alkyl halides is 3. The molecule has 0 bridgehead atoms. The van der Waals surface area contributed by atoms with Crippen LogP contribution in [-0.2, 0) is 6.18 Å². The lowest BCUT2D eigenvalue weighted by Crippen LogP contribution is -2.08. The first-order chi connectivity index (χ1) is 11.9. The molecule has 8 heteroatoms. The number of hydrazone groups is 1. The van der Waals surface area contributed by atoms with E-state index in [0.717, 1.165) is 28.1 Å². The van der Waals surface area contributed by atoms with Crippen molar-refractivity contribution in [2.45, 2.75) is 20.0 Å². The van der Waals surface area contributed by atoms with E-state index in [9.17, 15) is 13.2 Å². The zero-order valence-corrected chi connectivity index (χ0v) is 14.3. The number of halogens is 3.